The molecule has 1 saturated carbocycles. The van der Waals surface area contributed by atoms with E-state index in [1.54, 1.807) is 0 Å². The van der Waals surface area contributed by atoms with Crippen LogP contribution in [0.5, 0.6) is 11.6 Å². The molecule has 8 heteroatoms. The maximum absolute atomic E-state index is 12.6. The number of aryl methyl sites for hydroxylation is 2. The first-order valence-electron chi connectivity index (χ1n) is 8.51. The van der Waals surface area contributed by atoms with Crippen LogP contribution in [0.15, 0.2) is 4.52 Å². The van der Waals surface area contributed by atoms with E-state index >= 15 is 0 Å². The minimum Gasteiger partial charge on any atom is -0.483 e. The number of rotatable bonds is 5. The third-order valence-electron chi connectivity index (χ3n) is 4.42. The van der Waals surface area contributed by atoms with E-state index in [9.17, 15) is 4.79 Å². The molecule has 0 saturated heterocycles. The Bertz CT molecular complexity index is 794. The van der Waals surface area contributed by atoms with Crippen molar-refractivity contribution in [3.05, 3.63) is 28.5 Å². The Morgan fingerprint density at radius 2 is 2.00 bits per heavy atom. The summed E-state index contributed by atoms with van der Waals surface area (Å²) in [7, 11) is 0. The van der Waals surface area contributed by atoms with Crippen LogP contribution in [0.3, 0.4) is 0 Å². The van der Waals surface area contributed by atoms with Gasteiger partial charge in [-0.2, -0.15) is 4.98 Å². The summed E-state index contributed by atoms with van der Waals surface area (Å²) in [6.07, 6.45) is 2.74. The molecule has 1 aliphatic carbocycles. The molecular weight excluding hydrogens is 324 g/mol. The van der Waals surface area contributed by atoms with Crippen molar-refractivity contribution in [2.75, 3.05) is 19.8 Å². The fourth-order valence-electron chi connectivity index (χ4n) is 2.88. The summed E-state index contributed by atoms with van der Waals surface area (Å²) in [4.78, 5) is 21.5. The summed E-state index contributed by atoms with van der Waals surface area (Å²) in [6, 6.07) is 0. The second-order valence-corrected chi connectivity index (χ2v) is 6.34. The van der Waals surface area contributed by atoms with Crippen LogP contribution in [0.4, 0.5) is 0 Å². The maximum Gasteiger partial charge on any atom is 0.274 e. The van der Waals surface area contributed by atoms with Crippen LogP contribution in [0.25, 0.3) is 0 Å². The predicted octanol–water partition coefficient (Wildman–Crippen LogP) is 1.70. The van der Waals surface area contributed by atoms with Crippen LogP contribution in [0, 0.1) is 13.8 Å². The van der Waals surface area contributed by atoms with Crippen molar-refractivity contribution in [1.82, 2.24) is 20.4 Å². The van der Waals surface area contributed by atoms with Crippen LogP contribution >= 0.6 is 0 Å². The number of fused-ring (bicyclic) bond motifs is 1. The highest BCUT2D eigenvalue weighted by molar-refractivity contribution is 5.95. The van der Waals surface area contributed by atoms with Gasteiger partial charge in [-0.05, 0) is 33.1 Å². The lowest BCUT2D eigenvalue weighted by molar-refractivity contribution is 0.0933. The Morgan fingerprint density at radius 3 is 2.72 bits per heavy atom. The van der Waals surface area contributed by atoms with Gasteiger partial charge in [0, 0.05) is 18.0 Å². The van der Waals surface area contributed by atoms with Crippen LogP contribution in [-0.2, 0) is 6.42 Å². The molecule has 4 rings (SSSR count). The predicted molar refractivity (Wildman–Crippen MR) is 87.0 cm³/mol. The molecule has 0 unspecified atom stereocenters. The SMILES string of the molecule is Cc1noc(C)c1CCNC(=O)c1nc(C2CC2)nc2c1OCCO2. The van der Waals surface area contributed by atoms with Crippen molar-refractivity contribution in [3.63, 3.8) is 0 Å². The molecule has 0 radical (unpaired) electrons. The molecule has 0 bridgehead atoms. The Kier molecular flexibility index (Phi) is 4.03. The number of aromatic nitrogens is 3. The standard InChI is InChI=1S/C17H20N4O4/c1-9-12(10(2)25-21-9)5-6-18-16(22)13-14-17(24-8-7-23-14)20-15(19-13)11-3-4-11/h11H,3-8H2,1-2H3,(H,18,22). The number of carbonyl (C=O) groups excluding carboxylic acids is 1. The molecule has 25 heavy (non-hydrogen) atoms. The minimum absolute atomic E-state index is 0.255. The largest absolute Gasteiger partial charge is 0.483 e. The zero-order chi connectivity index (χ0) is 17.4. The number of amides is 1. The fourth-order valence-corrected chi connectivity index (χ4v) is 2.88. The Hall–Kier alpha value is -2.64. The van der Waals surface area contributed by atoms with Gasteiger partial charge in [-0.3, -0.25) is 4.79 Å². The average Bonchev–Trinajstić information content (AvgIpc) is 3.42. The number of hydrogen-bond acceptors (Lipinski definition) is 7. The van der Waals surface area contributed by atoms with Gasteiger partial charge in [0.2, 0.25) is 5.75 Å². The second kappa shape index (κ2) is 6.34. The number of nitrogens with zero attached hydrogens (tertiary/aromatic N) is 3. The maximum atomic E-state index is 12.6. The van der Waals surface area contributed by atoms with E-state index in [1.165, 1.54) is 0 Å². The van der Waals surface area contributed by atoms with E-state index in [1.807, 2.05) is 13.8 Å². The molecule has 1 N–H and O–H groups in total. The molecule has 0 spiro atoms. The Morgan fingerprint density at radius 1 is 1.20 bits per heavy atom. The van der Waals surface area contributed by atoms with Gasteiger partial charge in [0.25, 0.3) is 11.8 Å². The zero-order valence-corrected chi connectivity index (χ0v) is 14.3. The summed E-state index contributed by atoms with van der Waals surface area (Å²) in [5, 5.41) is 6.82. The molecule has 132 valence electrons. The van der Waals surface area contributed by atoms with Crippen molar-refractivity contribution in [1.29, 1.82) is 0 Å². The first-order valence-corrected chi connectivity index (χ1v) is 8.51. The first kappa shape index (κ1) is 15.9. The van der Waals surface area contributed by atoms with Crippen LogP contribution < -0.4 is 14.8 Å². The number of nitrogens with one attached hydrogen (secondary N) is 1. The third kappa shape index (κ3) is 3.16. The van der Waals surface area contributed by atoms with Crippen LogP contribution in [-0.4, -0.2) is 40.8 Å². The van der Waals surface area contributed by atoms with Crippen LogP contribution in [0.1, 0.15) is 52.1 Å². The van der Waals surface area contributed by atoms with Gasteiger partial charge < -0.3 is 19.3 Å². The lowest BCUT2D eigenvalue weighted by Gasteiger charge is -2.20. The summed E-state index contributed by atoms with van der Waals surface area (Å²) >= 11 is 0. The van der Waals surface area contributed by atoms with E-state index in [-0.39, 0.29) is 11.6 Å². The molecule has 1 amide bonds. The van der Waals surface area contributed by atoms with Gasteiger partial charge in [-0.1, -0.05) is 5.16 Å². The molecule has 3 heterocycles. The lowest BCUT2D eigenvalue weighted by Crippen LogP contribution is -2.29. The van der Waals surface area contributed by atoms with Gasteiger partial charge in [-0.15, -0.1) is 0 Å². The summed E-state index contributed by atoms with van der Waals surface area (Å²) < 4.78 is 16.3. The number of carbonyl (C=O) groups is 1. The summed E-state index contributed by atoms with van der Waals surface area (Å²) in [6.45, 7) is 5.03. The smallest absolute Gasteiger partial charge is 0.274 e. The molecule has 0 aromatic carbocycles. The highest BCUT2D eigenvalue weighted by Crippen LogP contribution is 2.41. The highest BCUT2D eigenvalue weighted by Gasteiger charge is 2.32. The van der Waals surface area contributed by atoms with Gasteiger partial charge in [0.1, 0.15) is 24.8 Å². The quantitative estimate of drug-likeness (QED) is 0.881. The molecule has 8 nitrogen and oxygen atoms in total. The monoisotopic (exact) mass is 344 g/mol. The molecule has 2 aliphatic rings. The van der Waals surface area contributed by atoms with Crippen molar-refractivity contribution in [3.8, 4) is 11.6 Å². The number of ether oxygens (including phenoxy) is 2. The molecule has 2 aromatic rings. The zero-order valence-electron chi connectivity index (χ0n) is 14.3. The Labute approximate surface area is 144 Å². The summed E-state index contributed by atoms with van der Waals surface area (Å²) in [5.74, 6) is 2.20. The molecule has 1 aliphatic heterocycles. The summed E-state index contributed by atoms with van der Waals surface area (Å²) in [5.41, 5.74) is 2.12. The van der Waals surface area contributed by atoms with Crippen molar-refractivity contribution in [2.45, 2.75) is 39.0 Å². The third-order valence-corrected chi connectivity index (χ3v) is 4.42. The van der Waals surface area contributed by atoms with Crippen molar-refractivity contribution in [2.24, 2.45) is 0 Å². The van der Waals surface area contributed by atoms with E-state index in [0.717, 1.165) is 29.9 Å². The van der Waals surface area contributed by atoms with E-state index in [4.69, 9.17) is 14.0 Å². The van der Waals surface area contributed by atoms with E-state index < -0.39 is 0 Å². The normalized spacial score (nSPS) is 15.9. The van der Waals surface area contributed by atoms with E-state index in [2.05, 4.69) is 20.4 Å². The molecule has 0 atom stereocenters. The Balaban J connectivity index is 1.50. The number of hydrogen-bond donors (Lipinski definition) is 1. The van der Waals surface area contributed by atoms with Gasteiger partial charge >= 0.3 is 0 Å². The van der Waals surface area contributed by atoms with Crippen molar-refractivity contribution < 1.29 is 18.8 Å². The fraction of sp³-hybridized carbons (Fsp3) is 0.529. The topological polar surface area (TPSA) is 99.4 Å². The molecule has 1 fully saturated rings. The van der Waals surface area contributed by atoms with Gasteiger partial charge in [0.05, 0.1) is 5.69 Å². The van der Waals surface area contributed by atoms with Crippen LogP contribution in [0.2, 0.25) is 0 Å². The lowest BCUT2D eigenvalue weighted by atomic mass is 10.1. The minimum atomic E-state index is -0.280. The van der Waals surface area contributed by atoms with E-state index in [0.29, 0.717) is 49.6 Å². The molecular formula is C17H20N4O4. The highest BCUT2D eigenvalue weighted by atomic mass is 16.6. The van der Waals surface area contributed by atoms with Crippen molar-refractivity contribution >= 4 is 5.91 Å². The first-order chi connectivity index (χ1) is 12.1. The van der Waals surface area contributed by atoms with Gasteiger partial charge in [-0.25, -0.2) is 4.98 Å². The second-order valence-electron chi connectivity index (χ2n) is 6.34. The average molecular weight is 344 g/mol. The van der Waals surface area contributed by atoms with Gasteiger partial charge in [0.15, 0.2) is 5.69 Å². The molecule has 2 aromatic heterocycles.